The molecule has 0 saturated carbocycles. The number of urea groups is 1. The highest BCUT2D eigenvalue weighted by Crippen LogP contribution is 2.20. The molecule has 0 radical (unpaired) electrons. The minimum absolute atomic E-state index is 0.0106. The summed E-state index contributed by atoms with van der Waals surface area (Å²) in [4.78, 5) is 26.5. The second-order valence-corrected chi connectivity index (χ2v) is 7.42. The Hall–Kier alpha value is -2.05. The number of likely N-dealkylation sites (tertiary alicyclic amines) is 1. The molecule has 1 atom stereocenters. The number of benzene rings is 1. The van der Waals surface area contributed by atoms with E-state index in [9.17, 15) is 9.59 Å². The van der Waals surface area contributed by atoms with E-state index in [1.807, 2.05) is 29.6 Å². The van der Waals surface area contributed by atoms with Crippen LogP contribution in [0.2, 0.25) is 5.02 Å². The second-order valence-electron chi connectivity index (χ2n) is 6.04. The summed E-state index contributed by atoms with van der Waals surface area (Å²) in [6, 6.07) is 11.0. The van der Waals surface area contributed by atoms with Gasteiger partial charge in [-0.05, 0) is 48.1 Å². The molecule has 25 heavy (non-hydrogen) atoms. The number of hydrogen-bond donors (Lipinski definition) is 2. The molecule has 3 rings (SSSR count). The summed E-state index contributed by atoms with van der Waals surface area (Å²) in [6.45, 7) is 1.59. The maximum atomic E-state index is 12.4. The van der Waals surface area contributed by atoms with E-state index in [4.69, 9.17) is 11.6 Å². The highest BCUT2D eigenvalue weighted by molar-refractivity contribution is 7.14. The van der Waals surface area contributed by atoms with Crippen LogP contribution in [0.3, 0.4) is 0 Å². The van der Waals surface area contributed by atoms with Crippen LogP contribution in [-0.4, -0.2) is 29.9 Å². The third-order valence-corrected chi connectivity index (χ3v) is 5.25. The van der Waals surface area contributed by atoms with Crippen molar-refractivity contribution in [1.82, 2.24) is 10.2 Å². The molecule has 2 N–H and O–H groups in total. The van der Waals surface area contributed by atoms with Crippen molar-refractivity contribution in [3.63, 3.8) is 0 Å². The number of carbonyl (C=O) groups excluding carboxylic acids is 2. The highest BCUT2D eigenvalue weighted by atomic mass is 35.5. The van der Waals surface area contributed by atoms with Crippen molar-refractivity contribution in [3.05, 3.63) is 52.4 Å². The molecule has 5 nitrogen and oxygen atoms in total. The predicted molar refractivity (Wildman–Crippen MR) is 101 cm³/mol. The molecule has 1 unspecified atom stereocenters. The van der Waals surface area contributed by atoms with Gasteiger partial charge in [0.2, 0.25) is 5.91 Å². The molecule has 0 aliphatic carbocycles. The summed E-state index contributed by atoms with van der Waals surface area (Å²) in [5, 5.41) is 9.24. The Balaban J connectivity index is 1.50. The van der Waals surface area contributed by atoms with Crippen LogP contribution >= 0.6 is 22.9 Å². The fraction of sp³-hybridized carbons (Fsp3) is 0.333. The minimum atomic E-state index is -0.171. The van der Waals surface area contributed by atoms with Gasteiger partial charge in [0.15, 0.2) is 0 Å². The summed E-state index contributed by atoms with van der Waals surface area (Å²) in [5.74, 6) is -0.182. The minimum Gasteiger partial charge on any atom is -0.352 e. The maximum absolute atomic E-state index is 12.4. The van der Waals surface area contributed by atoms with Gasteiger partial charge in [0, 0.05) is 24.7 Å². The third-order valence-electron chi connectivity index (χ3n) is 4.21. The molecule has 1 saturated heterocycles. The molecule has 1 aromatic heterocycles. The van der Waals surface area contributed by atoms with Crippen molar-refractivity contribution in [2.75, 3.05) is 18.4 Å². The van der Waals surface area contributed by atoms with Crippen LogP contribution in [0.15, 0.2) is 41.8 Å². The number of thiophene rings is 1. The van der Waals surface area contributed by atoms with E-state index in [0.29, 0.717) is 24.7 Å². The second kappa shape index (κ2) is 8.36. The summed E-state index contributed by atoms with van der Waals surface area (Å²) < 4.78 is 0. The van der Waals surface area contributed by atoms with E-state index < -0.39 is 0 Å². The molecule has 1 aliphatic heterocycles. The summed E-state index contributed by atoms with van der Waals surface area (Å²) in [5.41, 5.74) is 1.00. The van der Waals surface area contributed by atoms with Gasteiger partial charge in [-0.15, -0.1) is 11.3 Å². The van der Waals surface area contributed by atoms with Gasteiger partial charge in [-0.25, -0.2) is 4.79 Å². The van der Waals surface area contributed by atoms with Crippen LogP contribution in [-0.2, 0) is 11.3 Å². The Morgan fingerprint density at radius 1 is 1.24 bits per heavy atom. The molecule has 132 valence electrons. The summed E-state index contributed by atoms with van der Waals surface area (Å²) in [6.07, 6.45) is 1.63. The van der Waals surface area contributed by atoms with Crippen molar-refractivity contribution in [3.8, 4) is 0 Å². The van der Waals surface area contributed by atoms with Crippen LogP contribution in [0.4, 0.5) is 9.80 Å². The van der Waals surface area contributed by atoms with Gasteiger partial charge < -0.3 is 10.2 Å². The van der Waals surface area contributed by atoms with Crippen LogP contribution < -0.4 is 10.6 Å². The molecule has 0 spiro atoms. The van der Waals surface area contributed by atoms with Crippen molar-refractivity contribution < 1.29 is 9.59 Å². The fourth-order valence-electron chi connectivity index (χ4n) is 2.85. The molecule has 2 aromatic rings. The zero-order valence-corrected chi connectivity index (χ0v) is 15.3. The highest BCUT2D eigenvalue weighted by Gasteiger charge is 2.28. The molecule has 2 heterocycles. The molecular weight excluding hydrogens is 358 g/mol. The Kier molecular flexibility index (Phi) is 5.94. The topological polar surface area (TPSA) is 61.4 Å². The number of halogens is 1. The zero-order chi connectivity index (χ0) is 17.6. The fourth-order valence-corrected chi connectivity index (χ4v) is 3.58. The van der Waals surface area contributed by atoms with Gasteiger partial charge in [-0.2, -0.15) is 0 Å². The summed E-state index contributed by atoms with van der Waals surface area (Å²) in [7, 11) is 0. The Labute approximate surface area is 156 Å². The van der Waals surface area contributed by atoms with Gasteiger partial charge >= 0.3 is 6.03 Å². The van der Waals surface area contributed by atoms with Crippen molar-refractivity contribution in [2.24, 2.45) is 5.92 Å². The van der Waals surface area contributed by atoms with Crippen LogP contribution in [0.5, 0.6) is 0 Å². The molecule has 7 heteroatoms. The van der Waals surface area contributed by atoms with Gasteiger partial charge in [0.1, 0.15) is 0 Å². The number of rotatable bonds is 4. The standard InChI is InChI=1S/C18H20ClN3O2S/c19-15-7-5-13(6-8-15)11-20-17(23)14-3-1-9-22(12-14)18(24)21-16-4-2-10-25-16/h2,4-8,10,14H,1,3,9,11-12H2,(H,20,23)(H,21,24). The van der Waals surface area contributed by atoms with Gasteiger partial charge in [-0.1, -0.05) is 23.7 Å². The third kappa shape index (κ3) is 4.96. The molecule has 3 amide bonds. The number of nitrogens with zero attached hydrogens (tertiary/aromatic N) is 1. The van der Waals surface area contributed by atoms with Crippen LogP contribution in [0, 0.1) is 5.92 Å². The van der Waals surface area contributed by atoms with E-state index >= 15 is 0 Å². The first kappa shape index (κ1) is 17.8. The number of anilines is 1. The van der Waals surface area contributed by atoms with Crippen molar-refractivity contribution in [2.45, 2.75) is 19.4 Å². The lowest BCUT2D eigenvalue weighted by molar-refractivity contribution is -0.126. The predicted octanol–water partition coefficient (Wildman–Crippen LogP) is 3.96. The normalized spacial score (nSPS) is 17.2. The molecule has 1 fully saturated rings. The number of hydrogen-bond acceptors (Lipinski definition) is 3. The smallest absolute Gasteiger partial charge is 0.322 e. The number of carbonyl (C=O) groups is 2. The number of amides is 3. The van der Waals surface area contributed by atoms with Crippen molar-refractivity contribution in [1.29, 1.82) is 0 Å². The Bertz CT molecular complexity index is 718. The van der Waals surface area contributed by atoms with Gasteiger partial charge in [0.05, 0.1) is 10.9 Å². The number of piperidine rings is 1. The Morgan fingerprint density at radius 2 is 2.04 bits per heavy atom. The van der Waals surface area contributed by atoms with E-state index in [2.05, 4.69) is 10.6 Å². The first-order valence-electron chi connectivity index (χ1n) is 8.23. The molecule has 1 aromatic carbocycles. The number of nitrogens with one attached hydrogen (secondary N) is 2. The van der Waals surface area contributed by atoms with Crippen LogP contribution in [0.25, 0.3) is 0 Å². The average molecular weight is 378 g/mol. The van der Waals surface area contributed by atoms with E-state index in [0.717, 1.165) is 23.4 Å². The lowest BCUT2D eigenvalue weighted by atomic mass is 9.97. The quantitative estimate of drug-likeness (QED) is 0.847. The first-order chi connectivity index (χ1) is 12.1. The molecule has 0 bridgehead atoms. The van der Waals surface area contributed by atoms with E-state index in [-0.39, 0.29) is 17.9 Å². The van der Waals surface area contributed by atoms with Gasteiger partial charge in [-0.3, -0.25) is 10.1 Å². The largest absolute Gasteiger partial charge is 0.352 e. The first-order valence-corrected chi connectivity index (χ1v) is 9.49. The molecular formula is C18H20ClN3O2S. The molecule has 1 aliphatic rings. The maximum Gasteiger partial charge on any atom is 0.322 e. The lowest BCUT2D eigenvalue weighted by Crippen LogP contribution is -2.46. The summed E-state index contributed by atoms with van der Waals surface area (Å²) >= 11 is 7.34. The van der Waals surface area contributed by atoms with E-state index in [1.165, 1.54) is 11.3 Å². The zero-order valence-electron chi connectivity index (χ0n) is 13.7. The lowest BCUT2D eigenvalue weighted by Gasteiger charge is -2.31. The average Bonchev–Trinajstić information content (AvgIpc) is 3.14. The van der Waals surface area contributed by atoms with Gasteiger partial charge in [0.25, 0.3) is 0 Å². The monoisotopic (exact) mass is 377 g/mol. The SMILES string of the molecule is O=C(NCc1ccc(Cl)cc1)C1CCCN(C(=O)Nc2cccs2)C1. The van der Waals surface area contributed by atoms with Crippen molar-refractivity contribution >= 4 is 39.9 Å². The van der Waals surface area contributed by atoms with E-state index in [1.54, 1.807) is 17.0 Å². The van der Waals surface area contributed by atoms with Crippen LogP contribution in [0.1, 0.15) is 18.4 Å². The Morgan fingerprint density at radius 3 is 2.76 bits per heavy atom.